The van der Waals surface area contributed by atoms with Crippen LogP contribution in [0.2, 0.25) is 0 Å². The minimum atomic E-state index is -0.527. The third-order valence-electron chi connectivity index (χ3n) is 6.37. The van der Waals surface area contributed by atoms with E-state index >= 15 is 0 Å². The summed E-state index contributed by atoms with van der Waals surface area (Å²) in [5.74, 6) is 1.32. The molecule has 0 bridgehead atoms. The summed E-state index contributed by atoms with van der Waals surface area (Å²) in [5, 5.41) is 7.68. The van der Waals surface area contributed by atoms with E-state index in [1.807, 2.05) is 43.7 Å². The number of methoxy groups -OCH3 is 2. The van der Waals surface area contributed by atoms with E-state index in [0.717, 1.165) is 24.1 Å². The number of carbonyl (C=O) groups is 2. The molecule has 1 saturated heterocycles. The summed E-state index contributed by atoms with van der Waals surface area (Å²) in [5.41, 5.74) is 1.76. The quantitative estimate of drug-likeness (QED) is 0.573. The summed E-state index contributed by atoms with van der Waals surface area (Å²) in [6, 6.07) is 5.76. The number of benzene rings is 1. The van der Waals surface area contributed by atoms with Gasteiger partial charge in [-0.25, -0.2) is 4.79 Å². The van der Waals surface area contributed by atoms with Gasteiger partial charge in [0.1, 0.15) is 5.60 Å². The van der Waals surface area contributed by atoms with E-state index in [0.29, 0.717) is 43.1 Å². The predicted octanol–water partition coefficient (Wildman–Crippen LogP) is 4.74. The van der Waals surface area contributed by atoms with Crippen LogP contribution in [0.1, 0.15) is 81.9 Å². The Morgan fingerprint density at radius 1 is 1.03 bits per heavy atom. The standard InChI is InChI=1S/C28H42N4O5/c1-27(2,3)32-24(20-12-15-31(16-13-20)26(34)37-28(4,5)6)21(18-30-32)25(33)29-14-11-19-9-10-22(35-7)23(17-19)36-8/h9-10,17-18,20H,11-16H2,1-8H3,(H,29,33). The lowest BCUT2D eigenvalue weighted by molar-refractivity contribution is 0.0201. The molecule has 2 aromatic rings. The van der Waals surface area contributed by atoms with Gasteiger partial charge in [-0.1, -0.05) is 6.07 Å². The Hall–Kier alpha value is -3.23. The van der Waals surface area contributed by atoms with Crippen molar-refractivity contribution in [2.45, 2.75) is 77.9 Å². The summed E-state index contributed by atoms with van der Waals surface area (Å²) in [7, 11) is 3.21. The van der Waals surface area contributed by atoms with Crippen LogP contribution in [0.4, 0.5) is 4.79 Å². The van der Waals surface area contributed by atoms with Crippen LogP contribution in [0.25, 0.3) is 0 Å². The first-order valence-corrected chi connectivity index (χ1v) is 12.9. The van der Waals surface area contributed by atoms with Gasteiger partial charge in [0.25, 0.3) is 5.91 Å². The number of amides is 2. The number of rotatable bonds is 7. The topological polar surface area (TPSA) is 94.9 Å². The molecule has 1 aromatic carbocycles. The molecular weight excluding hydrogens is 472 g/mol. The maximum absolute atomic E-state index is 13.3. The Kier molecular flexibility index (Phi) is 8.76. The zero-order chi connectivity index (χ0) is 27.4. The van der Waals surface area contributed by atoms with E-state index in [-0.39, 0.29) is 23.5 Å². The highest BCUT2D eigenvalue weighted by Crippen LogP contribution is 2.34. The van der Waals surface area contributed by atoms with Crippen molar-refractivity contribution in [1.82, 2.24) is 20.0 Å². The van der Waals surface area contributed by atoms with Crippen molar-refractivity contribution in [3.8, 4) is 11.5 Å². The van der Waals surface area contributed by atoms with Crippen molar-refractivity contribution < 1.29 is 23.8 Å². The van der Waals surface area contributed by atoms with Gasteiger partial charge < -0.3 is 24.4 Å². The van der Waals surface area contributed by atoms with E-state index in [9.17, 15) is 9.59 Å². The minimum absolute atomic E-state index is 0.118. The fourth-order valence-electron chi connectivity index (χ4n) is 4.57. The van der Waals surface area contributed by atoms with Crippen molar-refractivity contribution in [2.75, 3.05) is 33.9 Å². The largest absolute Gasteiger partial charge is 0.493 e. The average molecular weight is 515 g/mol. The maximum Gasteiger partial charge on any atom is 0.410 e. The zero-order valence-corrected chi connectivity index (χ0v) is 23.5. The van der Waals surface area contributed by atoms with Crippen LogP contribution in [-0.2, 0) is 16.7 Å². The second-order valence-corrected chi connectivity index (χ2v) is 11.5. The van der Waals surface area contributed by atoms with Gasteiger partial charge in [0.2, 0.25) is 0 Å². The molecule has 9 nitrogen and oxygen atoms in total. The van der Waals surface area contributed by atoms with Gasteiger partial charge >= 0.3 is 6.09 Å². The number of hydrogen-bond donors (Lipinski definition) is 1. The Morgan fingerprint density at radius 2 is 1.68 bits per heavy atom. The highest BCUT2D eigenvalue weighted by atomic mass is 16.6. The van der Waals surface area contributed by atoms with E-state index in [2.05, 4.69) is 31.2 Å². The first-order valence-electron chi connectivity index (χ1n) is 12.9. The fraction of sp³-hybridized carbons (Fsp3) is 0.607. The number of likely N-dealkylation sites (tertiary alicyclic amines) is 1. The normalized spacial score (nSPS) is 14.9. The van der Waals surface area contributed by atoms with Gasteiger partial charge in [0.05, 0.1) is 37.2 Å². The lowest BCUT2D eigenvalue weighted by Crippen LogP contribution is -2.42. The molecule has 2 amide bonds. The number of nitrogens with zero attached hydrogens (tertiary/aromatic N) is 3. The first-order chi connectivity index (χ1) is 17.3. The maximum atomic E-state index is 13.3. The molecule has 0 unspecified atom stereocenters. The van der Waals surface area contributed by atoms with Crippen molar-refractivity contribution >= 4 is 12.0 Å². The van der Waals surface area contributed by atoms with Gasteiger partial charge in [-0.2, -0.15) is 5.10 Å². The second-order valence-electron chi connectivity index (χ2n) is 11.5. The molecule has 1 fully saturated rings. The van der Waals surface area contributed by atoms with Crippen LogP contribution in [-0.4, -0.2) is 66.1 Å². The molecule has 1 N–H and O–H groups in total. The van der Waals surface area contributed by atoms with Gasteiger partial charge in [-0.05, 0) is 78.5 Å². The smallest absolute Gasteiger partial charge is 0.410 e. The molecule has 37 heavy (non-hydrogen) atoms. The van der Waals surface area contributed by atoms with Gasteiger partial charge in [0, 0.05) is 25.6 Å². The van der Waals surface area contributed by atoms with Gasteiger partial charge in [-0.15, -0.1) is 0 Å². The molecule has 1 aromatic heterocycles. The third-order valence-corrected chi connectivity index (χ3v) is 6.37. The molecule has 3 rings (SSSR count). The molecule has 0 radical (unpaired) electrons. The van der Waals surface area contributed by atoms with Crippen molar-refractivity contribution in [3.63, 3.8) is 0 Å². The average Bonchev–Trinajstić information content (AvgIpc) is 3.29. The van der Waals surface area contributed by atoms with Crippen LogP contribution in [0.15, 0.2) is 24.4 Å². The number of ether oxygens (including phenoxy) is 3. The fourth-order valence-corrected chi connectivity index (χ4v) is 4.57. The number of piperidine rings is 1. The highest BCUT2D eigenvalue weighted by molar-refractivity contribution is 5.95. The third kappa shape index (κ3) is 7.17. The van der Waals surface area contributed by atoms with Gasteiger partial charge in [-0.3, -0.25) is 9.48 Å². The first kappa shape index (κ1) is 28.3. The number of hydrogen-bond acceptors (Lipinski definition) is 6. The molecule has 0 saturated carbocycles. The monoisotopic (exact) mass is 514 g/mol. The summed E-state index contributed by atoms with van der Waals surface area (Å²) < 4.78 is 18.2. The SMILES string of the molecule is COc1ccc(CCNC(=O)c2cnn(C(C)(C)C)c2C2CCN(C(=O)OC(C)(C)C)CC2)cc1OC. The number of carbonyl (C=O) groups excluding carboxylic acids is 2. The molecule has 0 atom stereocenters. The van der Waals surface area contributed by atoms with Gasteiger partial charge in [0.15, 0.2) is 11.5 Å². The van der Waals surface area contributed by atoms with Crippen LogP contribution < -0.4 is 14.8 Å². The van der Waals surface area contributed by atoms with Crippen molar-refractivity contribution in [2.24, 2.45) is 0 Å². The summed E-state index contributed by atoms with van der Waals surface area (Å²) in [6.45, 7) is 13.5. The van der Waals surface area contributed by atoms with Crippen LogP contribution >= 0.6 is 0 Å². The molecule has 1 aliphatic rings. The number of aromatic nitrogens is 2. The van der Waals surface area contributed by atoms with Crippen LogP contribution in [0.5, 0.6) is 11.5 Å². The van der Waals surface area contributed by atoms with Crippen molar-refractivity contribution in [1.29, 1.82) is 0 Å². The van der Waals surface area contributed by atoms with Crippen LogP contribution in [0, 0.1) is 0 Å². The number of nitrogens with one attached hydrogen (secondary N) is 1. The van der Waals surface area contributed by atoms with E-state index in [4.69, 9.17) is 14.2 Å². The predicted molar refractivity (Wildman–Crippen MR) is 143 cm³/mol. The van der Waals surface area contributed by atoms with E-state index < -0.39 is 5.60 Å². The second kappa shape index (κ2) is 11.4. The molecule has 0 aliphatic carbocycles. The summed E-state index contributed by atoms with van der Waals surface area (Å²) in [4.78, 5) is 27.6. The zero-order valence-electron chi connectivity index (χ0n) is 23.5. The lowest BCUT2D eigenvalue weighted by atomic mass is 9.90. The summed E-state index contributed by atoms with van der Waals surface area (Å²) >= 11 is 0. The summed E-state index contributed by atoms with van der Waals surface area (Å²) in [6.07, 6.45) is 3.53. The Balaban J connectivity index is 1.70. The molecule has 2 heterocycles. The molecule has 204 valence electrons. The Morgan fingerprint density at radius 3 is 2.24 bits per heavy atom. The molecule has 1 aliphatic heterocycles. The van der Waals surface area contributed by atoms with Crippen molar-refractivity contribution in [3.05, 3.63) is 41.2 Å². The lowest BCUT2D eigenvalue weighted by Gasteiger charge is -2.35. The van der Waals surface area contributed by atoms with Crippen LogP contribution in [0.3, 0.4) is 0 Å². The highest BCUT2D eigenvalue weighted by Gasteiger charge is 2.33. The molecule has 0 spiro atoms. The molecular formula is C28H42N4O5. The minimum Gasteiger partial charge on any atom is -0.493 e. The van der Waals surface area contributed by atoms with E-state index in [1.165, 1.54) is 0 Å². The van der Waals surface area contributed by atoms with E-state index in [1.54, 1.807) is 25.3 Å². The Labute approximate surface area is 220 Å². The molecule has 9 heteroatoms. The Bertz CT molecular complexity index is 1090.